The molecule has 0 aromatic heterocycles. The highest BCUT2D eigenvalue weighted by molar-refractivity contribution is 6.67. The molecular weight excluding hydrogens is 152 g/mol. The van der Waals surface area contributed by atoms with Gasteiger partial charge in [-0.2, -0.15) is 0 Å². The average Bonchev–Trinajstić information content (AvgIpc) is 2.36. The maximum absolute atomic E-state index is 10.5. The van der Waals surface area contributed by atoms with Gasteiger partial charge in [0.1, 0.15) is 0 Å². The van der Waals surface area contributed by atoms with Crippen LogP contribution in [-0.2, 0) is 9.53 Å². The van der Waals surface area contributed by atoms with E-state index in [0.717, 1.165) is 12.8 Å². The second-order valence-corrected chi connectivity index (χ2v) is 2.64. The Kier molecular flexibility index (Phi) is 2.46. The lowest BCUT2D eigenvalue weighted by Crippen LogP contribution is -2.12. The van der Waals surface area contributed by atoms with Gasteiger partial charge in [-0.15, -0.1) is 0 Å². The molecule has 0 aromatic carbocycles. The van der Waals surface area contributed by atoms with Crippen molar-refractivity contribution in [3.63, 3.8) is 0 Å². The molecular formula is C7H9ClO2. The fraction of sp³-hybridized carbons (Fsp3) is 0.571. The number of carbonyl (C=O) groups is 1. The molecule has 3 heteroatoms. The molecule has 1 saturated heterocycles. The van der Waals surface area contributed by atoms with Crippen LogP contribution in [0.4, 0.5) is 0 Å². The molecule has 2 nitrogen and oxygen atoms in total. The van der Waals surface area contributed by atoms with E-state index in [9.17, 15) is 4.79 Å². The monoisotopic (exact) mass is 160 g/mol. The van der Waals surface area contributed by atoms with E-state index in [4.69, 9.17) is 16.3 Å². The molecule has 0 aliphatic carbocycles. The van der Waals surface area contributed by atoms with Crippen molar-refractivity contribution in [2.45, 2.75) is 18.9 Å². The van der Waals surface area contributed by atoms with E-state index in [1.807, 2.05) is 0 Å². The standard InChI is InChI=1S/C7H9ClO2/c1-5(7(8)9)6-3-2-4-10-6/h6H,1-4H2. The van der Waals surface area contributed by atoms with E-state index in [2.05, 4.69) is 6.58 Å². The Morgan fingerprint density at radius 1 is 1.70 bits per heavy atom. The first-order valence-electron chi connectivity index (χ1n) is 3.22. The van der Waals surface area contributed by atoms with Gasteiger partial charge in [0.05, 0.1) is 6.10 Å². The largest absolute Gasteiger partial charge is 0.373 e. The molecule has 0 amide bonds. The molecule has 1 atom stereocenters. The molecule has 56 valence electrons. The molecule has 1 aliphatic rings. The molecule has 1 heterocycles. The molecule has 1 unspecified atom stereocenters. The Balaban J connectivity index is 2.48. The third-order valence-electron chi connectivity index (χ3n) is 1.57. The minimum atomic E-state index is -0.480. The van der Waals surface area contributed by atoms with Gasteiger partial charge in [0, 0.05) is 12.2 Å². The molecule has 1 aliphatic heterocycles. The molecule has 0 bridgehead atoms. The highest BCUT2D eigenvalue weighted by Crippen LogP contribution is 2.19. The van der Waals surface area contributed by atoms with Crippen LogP contribution in [-0.4, -0.2) is 18.0 Å². The number of rotatable bonds is 2. The van der Waals surface area contributed by atoms with Gasteiger partial charge in [-0.3, -0.25) is 4.79 Å². The number of hydrogen-bond donors (Lipinski definition) is 0. The molecule has 0 aromatic rings. The maximum atomic E-state index is 10.5. The van der Waals surface area contributed by atoms with E-state index in [1.165, 1.54) is 0 Å². The van der Waals surface area contributed by atoms with Crippen LogP contribution in [0.25, 0.3) is 0 Å². The lowest BCUT2D eigenvalue weighted by atomic mass is 10.1. The Labute approximate surface area is 64.8 Å². The topological polar surface area (TPSA) is 26.3 Å². The molecule has 1 fully saturated rings. The van der Waals surface area contributed by atoms with E-state index in [-0.39, 0.29) is 6.10 Å². The Morgan fingerprint density at radius 2 is 2.40 bits per heavy atom. The van der Waals surface area contributed by atoms with Crippen LogP contribution < -0.4 is 0 Å². The first kappa shape index (κ1) is 7.76. The van der Waals surface area contributed by atoms with Crippen LogP contribution in [0.1, 0.15) is 12.8 Å². The predicted molar refractivity (Wildman–Crippen MR) is 39.0 cm³/mol. The Morgan fingerprint density at radius 3 is 2.80 bits per heavy atom. The van der Waals surface area contributed by atoms with Gasteiger partial charge in [-0.25, -0.2) is 0 Å². The summed E-state index contributed by atoms with van der Waals surface area (Å²) in [6.07, 6.45) is 1.75. The zero-order valence-electron chi connectivity index (χ0n) is 5.60. The van der Waals surface area contributed by atoms with Gasteiger partial charge in [-0.1, -0.05) is 6.58 Å². The fourth-order valence-corrected chi connectivity index (χ4v) is 1.10. The predicted octanol–water partition coefficient (Wildman–Crippen LogP) is 1.49. The SMILES string of the molecule is C=C(C(=O)Cl)C1CCCO1. The minimum Gasteiger partial charge on any atom is -0.373 e. The lowest BCUT2D eigenvalue weighted by Gasteiger charge is -2.07. The third kappa shape index (κ3) is 1.58. The van der Waals surface area contributed by atoms with Crippen molar-refractivity contribution in [2.24, 2.45) is 0 Å². The summed E-state index contributed by atoms with van der Waals surface area (Å²) >= 11 is 5.19. The highest BCUT2D eigenvalue weighted by Gasteiger charge is 2.21. The van der Waals surface area contributed by atoms with E-state index >= 15 is 0 Å². The summed E-state index contributed by atoms with van der Waals surface area (Å²) in [5, 5.41) is -0.480. The summed E-state index contributed by atoms with van der Waals surface area (Å²) in [6.45, 7) is 4.25. The second kappa shape index (κ2) is 3.17. The van der Waals surface area contributed by atoms with Gasteiger partial charge in [0.25, 0.3) is 0 Å². The van der Waals surface area contributed by atoms with Gasteiger partial charge >= 0.3 is 0 Å². The smallest absolute Gasteiger partial charge is 0.250 e. The summed E-state index contributed by atoms with van der Waals surface area (Å²) in [5.41, 5.74) is 0.388. The van der Waals surface area contributed by atoms with Crippen molar-refractivity contribution in [1.82, 2.24) is 0 Å². The Hall–Kier alpha value is -0.340. The van der Waals surface area contributed by atoms with E-state index in [1.54, 1.807) is 0 Å². The molecule has 0 N–H and O–H groups in total. The normalized spacial score (nSPS) is 24.7. The number of ether oxygens (including phenoxy) is 1. The third-order valence-corrected chi connectivity index (χ3v) is 1.81. The molecule has 0 radical (unpaired) electrons. The number of carbonyl (C=O) groups excluding carboxylic acids is 1. The van der Waals surface area contributed by atoms with Crippen LogP contribution in [0.3, 0.4) is 0 Å². The average molecular weight is 161 g/mol. The maximum Gasteiger partial charge on any atom is 0.250 e. The first-order valence-corrected chi connectivity index (χ1v) is 3.60. The van der Waals surface area contributed by atoms with Crippen LogP contribution in [0, 0.1) is 0 Å². The molecule has 0 saturated carbocycles. The first-order chi connectivity index (χ1) is 4.72. The molecule has 1 rings (SSSR count). The summed E-state index contributed by atoms with van der Waals surface area (Å²) in [5.74, 6) is 0. The van der Waals surface area contributed by atoms with Crippen molar-refractivity contribution in [1.29, 1.82) is 0 Å². The van der Waals surface area contributed by atoms with Crippen LogP contribution in [0.5, 0.6) is 0 Å². The quantitative estimate of drug-likeness (QED) is 0.452. The minimum absolute atomic E-state index is 0.120. The van der Waals surface area contributed by atoms with Crippen molar-refractivity contribution >= 4 is 16.8 Å². The zero-order valence-corrected chi connectivity index (χ0v) is 6.36. The van der Waals surface area contributed by atoms with Crippen LogP contribution in [0.2, 0.25) is 0 Å². The summed E-state index contributed by atoms with van der Waals surface area (Å²) in [7, 11) is 0. The number of halogens is 1. The molecule has 10 heavy (non-hydrogen) atoms. The fourth-order valence-electron chi connectivity index (χ4n) is 0.979. The van der Waals surface area contributed by atoms with E-state index < -0.39 is 5.24 Å². The Bertz CT molecular complexity index is 159. The van der Waals surface area contributed by atoms with Crippen molar-refractivity contribution < 1.29 is 9.53 Å². The van der Waals surface area contributed by atoms with Crippen LogP contribution >= 0.6 is 11.6 Å². The number of hydrogen-bond acceptors (Lipinski definition) is 2. The summed E-state index contributed by atoms with van der Waals surface area (Å²) in [4.78, 5) is 10.5. The lowest BCUT2D eigenvalue weighted by molar-refractivity contribution is -0.109. The summed E-state index contributed by atoms with van der Waals surface area (Å²) < 4.78 is 5.17. The second-order valence-electron chi connectivity index (χ2n) is 2.30. The van der Waals surface area contributed by atoms with Crippen molar-refractivity contribution in [2.75, 3.05) is 6.61 Å². The van der Waals surface area contributed by atoms with Crippen LogP contribution in [0.15, 0.2) is 12.2 Å². The molecule has 0 spiro atoms. The van der Waals surface area contributed by atoms with Crippen molar-refractivity contribution in [3.8, 4) is 0 Å². The van der Waals surface area contributed by atoms with Gasteiger partial charge in [-0.05, 0) is 24.4 Å². The van der Waals surface area contributed by atoms with E-state index in [0.29, 0.717) is 12.2 Å². The zero-order chi connectivity index (χ0) is 7.56. The van der Waals surface area contributed by atoms with Gasteiger partial charge in [0.15, 0.2) is 0 Å². The van der Waals surface area contributed by atoms with Crippen molar-refractivity contribution in [3.05, 3.63) is 12.2 Å². The van der Waals surface area contributed by atoms with Gasteiger partial charge in [0.2, 0.25) is 5.24 Å². The highest BCUT2D eigenvalue weighted by atomic mass is 35.5. The summed E-state index contributed by atoms with van der Waals surface area (Å²) in [6, 6.07) is 0. The van der Waals surface area contributed by atoms with Gasteiger partial charge < -0.3 is 4.74 Å².